The van der Waals surface area contributed by atoms with Gasteiger partial charge in [-0.2, -0.15) is 0 Å². The molecule has 0 unspecified atom stereocenters. The molecule has 1 rings (SSSR count). The van der Waals surface area contributed by atoms with Gasteiger partial charge in [0, 0.05) is 19.5 Å². The molecule has 0 spiro atoms. The summed E-state index contributed by atoms with van der Waals surface area (Å²) in [4.78, 5) is 11.4. The Balaban J connectivity index is 0.00000361. The molecule has 1 aromatic rings. The van der Waals surface area contributed by atoms with Crippen molar-refractivity contribution in [2.24, 2.45) is 5.73 Å². The Morgan fingerprint density at radius 2 is 1.70 bits per heavy atom. The summed E-state index contributed by atoms with van der Waals surface area (Å²) in [5.41, 5.74) is 6.17. The van der Waals surface area contributed by atoms with Crippen LogP contribution in [0.5, 0.6) is 17.2 Å². The molecule has 0 fully saturated rings. The molecule has 0 aromatic heterocycles. The Kier molecular flexibility index (Phi) is 8.51. The summed E-state index contributed by atoms with van der Waals surface area (Å²) < 4.78 is 15.7. The van der Waals surface area contributed by atoms with Gasteiger partial charge in [0.1, 0.15) is 0 Å². The maximum atomic E-state index is 11.4. The fourth-order valence-corrected chi connectivity index (χ4v) is 1.66. The number of nitrogens with two attached hydrogens (primary N) is 1. The van der Waals surface area contributed by atoms with Gasteiger partial charge in [-0.05, 0) is 17.7 Å². The second-order valence-electron chi connectivity index (χ2n) is 3.85. The lowest BCUT2D eigenvalue weighted by Gasteiger charge is -2.14. The summed E-state index contributed by atoms with van der Waals surface area (Å²) in [6.45, 7) is 0.719. The lowest BCUT2D eigenvalue weighted by molar-refractivity contribution is -0.121. The fourth-order valence-electron chi connectivity index (χ4n) is 1.66. The highest BCUT2D eigenvalue weighted by Crippen LogP contribution is 2.38. The zero-order chi connectivity index (χ0) is 14.3. The van der Waals surface area contributed by atoms with Gasteiger partial charge in [0.2, 0.25) is 11.7 Å². The van der Waals surface area contributed by atoms with Gasteiger partial charge in [0.25, 0.3) is 0 Å². The van der Waals surface area contributed by atoms with Gasteiger partial charge in [-0.3, -0.25) is 4.79 Å². The molecule has 0 radical (unpaired) electrons. The molecule has 0 heterocycles. The van der Waals surface area contributed by atoms with Crippen LogP contribution in [0.25, 0.3) is 0 Å². The summed E-state index contributed by atoms with van der Waals surface area (Å²) in [5.74, 6) is 1.56. The molecular formula is C13H21ClN2O4. The fraction of sp³-hybridized carbons (Fsp3) is 0.462. The van der Waals surface area contributed by atoms with Crippen LogP contribution in [0.1, 0.15) is 12.0 Å². The number of ether oxygens (including phenoxy) is 3. The van der Waals surface area contributed by atoms with E-state index in [9.17, 15) is 4.79 Å². The van der Waals surface area contributed by atoms with Crippen molar-refractivity contribution >= 4 is 18.3 Å². The highest BCUT2D eigenvalue weighted by Gasteiger charge is 2.13. The van der Waals surface area contributed by atoms with Crippen LogP contribution in [-0.2, 0) is 11.3 Å². The first-order chi connectivity index (χ1) is 9.15. The molecule has 20 heavy (non-hydrogen) atoms. The lowest BCUT2D eigenvalue weighted by atomic mass is 10.1. The number of benzene rings is 1. The van der Waals surface area contributed by atoms with Crippen molar-refractivity contribution in [2.45, 2.75) is 13.0 Å². The van der Waals surface area contributed by atoms with E-state index in [2.05, 4.69) is 5.32 Å². The quantitative estimate of drug-likeness (QED) is 0.788. The van der Waals surface area contributed by atoms with Crippen LogP contribution >= 0.6 is 12.4 Å². The number of halogens is 1. The Bertz CT molecular complexity index is 415. The maximum Gasteiger partial charge on any atom is 0.221 e. The third-order valence-corrected chi connectivity index (χ3v) is 2.59. The Morgan fingerprint density at radius 1 is 1.15 bits per heavy atom. The molecule has 3 N–H and O–H groups in total. The first-order valence-corrected chi connectivity index (χ1v) is 5.91. The minimum Gasteiger partial charge on any atom is -0.493 e. The number of rotatable bonds is 7. The first kappa shape index (κ1) is 18.3. The summed E-state index contributed by atoms with van der Waals surface area (Å²) in [6.07, 6.45) is 0.310. The van der Waals surface area contributed by atoms with Crippen LogP contribution < -0.4 is 25.3 Å². The minimum absolute atomic E-state index is 0. The lowest BCUT2D eigenvalue weighted by Crippen LogP contribution is -2.25. The zero-order valence-electron chi connectivity index (χ0n) is 11.9. The molecule has 1 amide bonds. The predicted molar refractivity (Wildman–Crippen MR) is 78.9 cm³/mol. The number of hydrogen-bond acceptors (Lipinski definition) is 5. The predicted octanol–water partition coefficient (Wildman–Crippen LogP) is 1.10. The summed E-state index contributed by atoms with van der Waals surface area (Å²) in [5, 5.41) is 2.77. The van der Waals surface area contributed by atoms with Crippen molar-refractivity contribution in [1.29, 1.82) is 0 Å². The number of hydrogen-bond donors (Lipinski definition) is 2. The third kappa shape index (κ3) is 4.79. The van der Waals surface area contributed by atoms with Crippen LogP contribution in [0, 0.1) is 0 Å². The molecule has 1 aromatic carbocycles. The SMILES string of the molecule is COc1cc(CNC(=O)CCN)cc(OC)c1OC.Cl. The number of carbonyl (C=O) groups is 1. The van der Waals surface area contributed by atoms with Crippen molar-refractivity contribution < 1.29 is 19.0 Å². The molecule has 0 saturated heterocycles. The molecule has 114 valence electrons. The average molecular weight is 305 g/mol. The van der Waals surface area contributed by atoms with E-state index in [0.29, 0.717) is 36.8 Å². The molecule has 0 aliphatic rings. The minimum atomic E-state index is -0.0868. The number of nitrogens with one attached hydrogen (secondary N) is 1. The average Bonchev–Trinajstić information content (AvgIpc) is 2.44. The van der Waals surface area contributed by atoms with E-state index >= 15 is 0 Å². The van der Waals surface area contributed by atoms with E-state index in [1.807, 2.05) is 0 Å². The van der Waals surface area contributed by atoms with Crippen LogP contribution in [0.4, 0.5) is 0 Å². The second kappa shape index (κ2) is 9.28. The Morgan fingerprint density at radius 3 is 2.10 bits per heavy atom. The first-order valence-electron chi connectivity index (χ1n) is 5.91. The van der Waals surface area contributed by atoms with Crippen LogP contribution in [-0.4, -0.2) is 33.8 Å². The van der Waals surface area contributed by atoms with Crippen molar-refractivity contribution in [1.82, 2.24) is 5.32 Å². The number of carbonyl (C=O) groups excluding carboxylic acids is 1. The molecule has 0 saturated carbocycles. The van der Waals surface area contributed by atoms with Crippen LogP contribution in [0.2, 0.25) is 0 Å². The van der Waals surface area contributed by atoms with Gasteiger partial charge >= 0.3 is 0 Å². The highest BCUT2D eigenvalue weighted by molar-refractivity contribution is 5.85. The molecule has 0 aliphatic carbocycles. The molecule has 0 aliphatic heterocycles. The number of methoxy groups -OCH3 is 3. The monoisotopic (exact) mass is 304 g/mol. The maximum absolute atomic E-state index is 11.4. The number of amides is 1. The molecule has 0 bridgehead atoms. The topological polar surface area (TPSA) is 82.8 Å². The van der Waals surface area contributed by atoms with Gasteiger partial charge in [-0.25, -0.2) is 0 Å². The van der Waals surface area contributed by atoms with E-state index in [1.165, 1.54) is 0 Å². The van der Waals surface area contributed by atoms with Gasteiger partial charge < -0.3 is 25.3 Å². The van der Waals surface area contributed by atoms with Crippen LogP contribution in [0.3, 0.4) is 0 Å². The third-order valence-electron chi connectivity index (χ3n) is 2.59. The second-order valence-corrected chi connectivity index (χ2v) is 3.85. The van der Waals surface area contributed by atoms with Gasteiger partial charge in [0.15, 0.2) is 11.5 Å². The van der Waals surface area contributed by atoms with Crippen molar-refractivity contribution in [3.8, 4) is 17.2 Å². The van der Waals surface area contributed by atoms with E-state index < -0.39 is 0 Å². The zero-order valence-corrected chi connectivity index (χ0v) is 12.7. The van der Waals surface area contributed by atoms with Gasteiger partial charge in [-0.1, -0.05) is 0 Å². The molecular weight excluding hydrogens is 284 g/mol. The van der Waals surface area contributed by atoms with E-state index in [0.717, 1.165) is 5.56 Å². The van der Waals surface area contributed by atoms with E-state index in [1.54, 1.807) is 33.5 Å². The normalized spacial score (nSPS) is 9.40. The molecule has 0 atom stereocenters. The summed E-state index contributed by atoms with van der Waals surface area (Å²) in [7, 11) is 4.64. The Labute approximate surface area is 125 Å². The van der Waals surface area contributed by atoms with Crippen molar-refractivity contribution in [2.75, 3.05) is 27.9 Å². The van der Waals surface area contributed by atoms with Gasteiger partial charge in [0.05, 0.1) is 21.3 Å². The van der Waals surface area contributed by atoms with E-state index in [4.69, 9.17) is 19.9 Å². The van der Waals surface area contributed by atoms with Crippen molar-refractivity contribution in [3.63, 3.8) is 0 Å². The van der Waals surface area contributed by atoms with Crippen molar-refractivity contribution in [3.05, 3.63) is 17.7 Å². The van der Waals surface area contributed by atoms with Gasteiger partial charge in [-0.15, -0.1) is 12.4 Å². The van der Waals surface area contributed by atoms with E-state index in [-0.39, 0.29) is 18.3 Å². The standard InChI is InChI=1S/C13H20N2O4.ClH/c1-17-10-6-9(8-15-12(16)4-5-14)7-11(18-2)13(10)19-3;/h6-7H,4-5,8,14H2,1-3H3,(H,15,16);1H. The molecule has 7 heteroatoms. The smallest absolute Gasteiger partial charge is 0.221 e. The van der Waals surface area contributed by atoms with Crippen LogP contribution in [0.15, 0.2) is 12.1 Å². The Hall–Kier alpha value is -1.66. The highest BCUT2D eigenvalue weighted by atomic mass is 35.5. The summed E-state index contributed by atoms with van der Waals surface area (Å²) >= 11 is 0. The molecule has 6 nitrogen and oxygen atoms in total. The summed E-state index contributed by atoms with van der Waals surface area (Å²) in [6, 6.07) is 3.59. The largest absolute Gasteiger partial charge is 0.493 e.